The van der Waals surface area contributed by atoms with Gasteiger partial charge in [0.25, 0.3) is 5.56 Å². The lowest BCUT2D eigenvalue weighted by molar-refractivity contribution is -0.113. The highest BCUT2D eigenvalue weighted by Crippen LogP contribution is 2.25. The number of ether oxygens (including phenoxy) is 1. The van der Waals surface area contributed by atoms with Gasteiger partial charge in [0.2, 0.25) is 5.91 Å². The third-order valence-electron chi connectivity index (χ3n) is 5.14. The molecule has 1 heterocycles. The summed E-state index contributed by atoms with van der Waals surface area (Å²) in [5, 5.41) is 3.63. The number of thioether (sulfide) groups is 1. The maximum atomic E-state index is 13.3. The predicted molar refractivity (Wildman–Crippen MR) is 129 cm³/mol. The van der Waals surface area contributed by atoms with Crippen LogP contribution in [0.3, 0.4) is 0 Å². The quantitative estimate of drug-likeness (QED) is 0.285. The number of carbonyl (C=O) groups is 1. The molecule has 0 saturated heterocycles. The van der Waals surface area contributed by atoms with E-state index in [1.165, 1.54) is 28.8 Å². The van der Waals surface area contributed by atoms with Crippen molar-refractivity contribution in [1.82, 2.24) is 9.55 Å². The Bertz CT molecular complexity index is 1380. The molecule has 0 aliphatic carbocycles. The highest BCUT2D eigenvalue weighted by atomic mass is 32.2. The Labute approximate surface area is 198 Å². The molecule has 34 heavy (non-hydrogen) atoms. The monoisotopic (exact) mass is 481 g/mol. The van der Waals surface area contributed by atoms with Crippen LogP contribution in [0.4, 0.5) is 14.5 Å². The van der Waals surface area contributed by atoms with E-state index in [4.69, 9.17) is 0 Å². The number of para-hydroxylation sites is 2. The number of benzene rings is 3. The maximum absolute atomic E-state index is 13.3. The molecule has 6 nitrogen and oxygen atoms in total. The van der Waals surface area contributed by atoms with E-state index in [9.17, 15) is 18.4 Å². The van der Waals surface area contributed by atoms with E-state index in [1.807, 2.05) is 32.0 Å². The maximum Gasteiger partial charge on any atom is 0.387 e. The molecule has 1 aromatic heterocycles. The lowest BCUT2D eigenvalue weighted by Crippen LogP contribution is -2.23. The van der Waals surface area contributed by atoms with E-state index < -0.39 is 6.61 Å². The van der Waals surface area contributed by atoms with Crippen LogP contribution in [-0.2, 0) is 4.79 Å². The fourth-order valence-electron chi connectivity index (χ4n) is 3.53. The van der Waals surface area contributed by atoms with Crippen molar-refractivity contribution in [1.29, 1.82) is 0 Å². The van der Waals surface area contributed by atoms with Crippen LogP contribution in [0.15, 0.2) is 76.7 Å². The van der Waals surface area contributed by atoms with Crippen LogP contribution in [0, 0.1) is 13.8 Å². The van der Waals surface area contributed by atoms with Crippen molar-refractivity contribution in [2.45, 2.75) is 25.6 Å². The average molecular weight is 482 g/mol. The molecular weight excluding hydrogens is 460 g/mol. The van der Waals surface area contributed by atoms with E-state index >= 15 is 0 Å². The number of alkyl halides is 2. The minimum Gasteiger partial charge on any atom is -0.435 e. The number of amides is 1. The van der Waals surface area contributed by atoms with Crippen LogP contribution in [0.5, 0.6) is 5.75 Å². The topological polar surface area (TPSA) is 73.2 Å². The van der Waals surface area contributed by atoms with Gasteiger partial charge in [0.15, 0.2) is 5.16 Å². The summed E-state index contributed by atoms with van der Waals surface area (Å²) >= 11 is 1.11. The van der Waals surface area contributed by atoms with Gasteiger partial charge < -0.3 is 10.1 Å². The van der Waals surface area contributed by atoms with Crippen LogP contribution in [-0.4, -0.2) is 27.8 Å². The van der Waals surface area contributed by atoms with Crippen molar-refractivity contribution >= 4 is 34.3 Å². The van der Waals surface area contributed by atoms with Gasteiger partial charge in [0, 0.05) is 5.69 Å². The zero-order chi connectivity index (χ0) is 24.2. The molecule has 0 aliphatic rings. The van der Waals surface area contributed by atoms with Crippen molar-refractivity contribution in [3.63, 3.8) is 0 Å². The normalized spacial score (nSPS) is 11.1. The fourth-order valence-corrected chi connectivity index (χ4v) is 4.34. The van der Waals surface area contributed by atoms with Gasteiger partial charge in [-0.2, -0.15) is 8.78 Å². The zero-order valence-corrected chi connectivity index (χ0v) is 19.2. The van der Waals surface area contributed by atoms with Crippen LogP contribution >= 0.6 is 11.8 Å². The average Bonchev–Trinajstić information content (AvgIpc) is 2.81. The number of anilines is 1. The Balaban J connectivity index is 1.66. The van der Waals surface area contributed by atoms with E-state index in [0.29, 0.717) is 21.7 Å². The molecule has 0 bridgehead atoms. The summed E-state index contributed by atoms with van der Waals surface area (Å²) in [5.74, 6) is -0.245. The Morgan fingerprint density at radius 1 is 1.03 bits per heavy atom. The van der Waals surface area contributed by atoms with Crippen molar-refractivity contribution < 1.29 is 18.3 Å². The van der Waals surface area contributed by atoms with E-state index in [-0.39, 0.29) is 23.0 Å². The number of nitrogens with one attached hydrogen (secondary N) is 1. The van der Waals surface area contributed by atoms with E-state index in [2.05, 4.69) is 15.0 Å². The Kier molecular flexibility index (Phi) is 6.93. The molecule has 0 aliphatic heterocycles. The predicted octanol–water partition coefficient (Wildman–Crippen LogP) is 5.33. The third kappa shape index (κ3) is 5.09. The summed E-state index contributed by atoms with van der Waals surface area (Å²) in [5.41, 5.74) is 3.24. The Morgan fingerprint density at radius 2 is 1.71 bits per heavy atom. The number of fused-ring (bicyclic) bond motifs is 1. The Hall–Kier alpha value is -3.72. The highest BCUT2D eigenvalue weighted by Gasteiger charge is 2.16. The van der Waals surface area contributed by atoms with Crippen LogP contribution in [0.2, 0.25) is 0 Å². The number of aryl methyl sites for hydroxylation is 2. The molecule has 0 unspecified atom stereocenters. The lowest BCUT2D eigenvalue weighted by atomic mass is 10.1. The van der Waals surface area contributed by atoms with Gasteiger partial charge in [-0.1, -0.05) is 42.1 Å². The number of carbonyl (C=O) groups excluding carboxylic acids is 1. The second-order valence-corrected chi connectivity index (χ2v) is 8.47. The van der Waals surface area contributed by atoms with Gasteiger partial charge in [-0.25, -0.2) is 4.98 Å². The molecule has 0 saturated carbocycles. The number of hydrogen-bond donors (Lipinski definition) is 1. The van der Waals surface area contributed by atoms with Crippen LogP contribution in [0.1, 0.15) is 11.1 Å². The second-order valence-electron chi connectivity index (χ2n) is 7.53. The summed E-state index contributed by atoms with van der Waals surface area (Å²) in [7, 11) is 0. The fraction of sp³-hybridized carbons (Fsp3) is 0.160. The van der Waals surface area contributed by atoms with Gasteiger partial charge in [0.05, 0.1) is 22.3 Å². The summed E-state index contributed by atoms with van der Waals surface area (Å²) in [4.78, 5) is 30.6. The van der Waals surface area contributed by atoms with Gasteiger partial charge in [-0.3, -0.25) is 14.2 Å². The van der Waals surface area contributed by atoms with Crippen LogP contribution < -0.4 is 15.6 Å². The number of aromatic nitrogens is 2. The number of nitrogens with zero attached hydrogens (tertiary/aromatic N) is 2. The first-order chi connectivity index (χ1) is 16.3. The molecule has 3 aromatic carbocycles. The standard InChI is InChI=1S/C25H21F2N3O3S/c1-15-6-5-7-16(2)22(15)29-21(31)14-34-25-28-20-9-4-3-8-19(20)23(32)30(25)17-10-12-18(13-11-17)33-24(26)27/h3-13,24H,14H2,1-2H3,(H,29,31). The summed E-state index contributed by atoms with van der Waals surface area (Å²) in [6.07, 6.45) is 0. The van der Waals surface area contributed by atoms with E-state index in [1.54, 1.807) is 24.3 Å². The highest BCUT2D eigenvalue weighted by molar-refractivity contribution is 7.99. The summed E-state index contributed by atoms with van der Waals surface area (Å²) in [6, 6.07) is 18.4. The smallest absolute Gasteiger partial charge is 0.387 e. The number of halogens is 2. The summed E-state index contributed by atoms with van der Waals surface area (Å²) in [6.45, 7) is 0.886. The molecule has 0 radical (unpaired) electrons. The van der Waals surface area contributed by atoms with E-state index in [0.717, 1.165) is 28.6 Å². The first-order valence-corrected chi connectivity index (χ1v) is 11.4. The van der Waals surface area contributed by atoms with Crippen molar-refractivity contribution in [2.24, 2.45) is 0 Å². The van der Waals surface area contributed by atoms with Crippen molar-refractivity contribution in [3.8, 4) is 11.4 Å². The molecule has 0 atom stereocenters. The van der Waals surface area contributed by atoms with Crippen molar-refractivity contribution in [2.75, 3.05) is 11.1 Å². The molecule has 9 heteroatoms. The van der Waals surface area contributed by atoms with Gasteiger partial charge in [-0.15, -0.1) is 0 Å². The molecule has 1 amide bonds. The molecular formula is C25H21F2N3O3S. The Morgan fingerprint density at radius 3 is 2.38 bits per heavy atom. The van der Waals surface area contributed by atoms with Gasteiger partial charge >= 0.3 is 6.61 Å². The summed E-state index contributed by atoms with van der Waals surface area (Å²) < 4.78 is 30.8. The largest absolute Gasteiger partial charge is 0.435 e. The number of rotatable bonds is 7. The van der Waals surface area contributed by atoms with Crippen LogP contribution in [0.25, 0.3) is 16.6 Å². The second kappa shape index (κ2) is 10.0. The van der Waals surface area contributed by atoms with Gasteiger partial charge in [-0.05, 0) is 61.4 Å². The molecule has 174 valence electrons. The third-order valence-corrected chi connectivity index (χ3v) is 6.08. The molecule has 0 fully saturated rings. The minimum atomic E-state index is -2.95. The first kappa shape index (κ1) is 23.4. The molecule has 4 aromatic rings. The van der Waals surface area contributed by atoms with Crippen molar-refractivity contribution in [3.05, 3.63) is 88.2 Å². The number of hydrogen-bond acceptors (Lipinski definition) is 5. The van der Waals surface area contributed by atoms with Gasteiger partial charge in [0.1, 0.15) is 5.75 Å². The lowest BCUT2D eigenvalue weighted by Gasteiger charge is -2.15. The SMILES string of the molecule is Cc1cccc(C)c1NC(=O)CSc1nc2ccccc2c(=O)n1-c1ccc(OC(F)F)cc1. The molecule has 4 rings (SSSR count). The first-order valence-electron chi connectivity index (χ1n) is 10.4. The zero-order valence-electron chi connectivity index (χ0n) is 18.4. The molecule has 1 N–H and O–H groups in total. The molecule has 0 spiro atoms. The minimum absolute atomic E-state index is 0.0190.